The number of nitrogens with zero attached hydrogens (tertiary/aromatic N) is 3. The third-order valence-electron chi connectivity index (χ3n) is 6.53. The monoisotopic (exact) mass is 537 g/mol. The van der Waals surface area contributed by atoms with Gasteiger partial charge in [0.2, 0.25) is 5.91 Å². The van der Waals surface area contributed by atoms with E-state index in [1.54, 1.807) is 35.2 Å². The second kappa shape index (κ2) is 12.9. The minimum absolute atomic E-state index is 0.0978. The zero-order chi connectivity index (χ0) is 26.2. The number of amides is 2. The Labute approximate surface area is 227 Å². The molecule has 0 radical (unpaired) electrons. The average Bonchev–Trinajstić information content (AvgIpc) is 3.20. The van der Waals surface area contributed by atoms with Crippen LogP contribution in [0.15, 0.2) is 59.5 Å². The Kier molecular flexibility index (Phi) is 9.35. The van der Waals surface area contributed by atoms with Gasteiger partial charge in [-0.25, -0.2) is 4.79 Å². The van der Waals surface area contributed by atoms with Crippen molar-refractivity contribution in [3.8, 4) is 0 Å². The number of carbonyl (C=O) groups excluding carboxylic acids is 3. The number of esters is 1. The van der Waals surface area contributed by atoms with E-state index >= 15 is 0 Å². The van der Waals surface area contributed by atoms with Crippen LogP contribution in [0.3, 0.4) is 0 Å². The summed E-state index contributed by atoms with van der Waals surface area (Å²) in [5.41, 5.74) is 2.48. The van der Waals surface area contributed by atoms with E-state index in [2.05, 4.69) is 17.0 Å². The molecule has 2 aliphatic heterocycles. The van der Waals surface area contributed by atoms with Crippen LogP contribution in [-0.2, 0) is 14.3 Å². The third-order valence-corrected chi connectivity index (χ3v) is 7.91. The largest absolute Gasteiger partial charge is 0.465 e. The van der Waals surface area contributed by atoms with Crippen LogP contribution in [0.1, 0.15) is 41.6 Å². The number of ether oxygens (including phenoxy) is 1. The lowest BCUT2D eigenvalue weighted by atomic mass is 10.1. The van der Waals surface area contributed by atoms with Crippen LogP contribution in [0.25, 0.3) is 6.08 Å². The van der Waals surface area contributed by atoms with Crippen molar-refractivity contribution in [2.45, 2.75) is 25.7 Å². The number of thiocarbonyl (C=S) groups is 1. The van der Waals surface area contributed by atoms with E-state index in [0.29, 0.717) is 27.8 Å². The summed E-state index contributed by atoms with van der Waals surface area (Å²) < 4.78 is 5.26. The fraction of sp³-hybridized carbons (Fsp3) is 0.357. The maximum absolute atomic E-state index is 12.9. The van der Waals surface area contributed by atoms with Gasteiger partial charge in [0.15, 0.2) is 0 Å². The smallest absolute Gasteiger partial charge is 0.337 e. The van der Waals surface area contributed by atoms with Crippen LogP contribution in [0.5, 0.6) is 0 Å². The van der Waals surface area contributed by atoms with Gasteiger partial charge in [0, 0.05) is 44.8 Å². The number of para-hydroxylation sites is 1. The summed E-state index contributed by atoms with van der Waals surface area (Å²) in [5, 5.41) is 0. The highest BCUT2D eigenvalue weighted by atomic mass is 32.2. The van der Waals surface area contributed by atoms with E-state index in [4.69, 9.17) is 17.0 Å². The molecule has 0 atom stereocenters. The molecule has 2 aromatic rings. The van der Waals surface area contributed by atoms with E-state index in [1.165, 1.54) is 24.6 Å². The minimum atomic E-state index is -0.398. The molecule has 2 fully saturated rings. The zero-order valence-corrected chi connectivity index (χ0v) is 22.6. The predicted octanol–water partition coefficient (Wildman–Crippen LogP) is 4.58. The van der Waals surface area contributed by atoms with Gasteiger partial charge >= 0.3 is 5.97 Å². The van der Waals surface area contributed by atoms with Crippen LogP contribution in [0.4, 0.5) is 5.69 Å². The molecule has 0 N–H and O–H groups in total. The fourth-order valence-corrected chi connectivity index (χ4v) is 5.72. The first-order valence-corrected chi connectivity index (χ1v) is 13.7. The molecule has 0 bridgehead atoms. The van der Waals surface area contributed by atoms with Crippen LogP contribution in [-0.4, -0.2) is 71.7 Å². The van der Waals surface area contributed by atoms with Gasteiger partial charge in [-0.05, 0) is 48.7 Å². The second-order valence-corrected chi connectivity index (χ2v) is 10.6. The Hall–Kier alpha value is -3.17. The SMILES string of the molecule is COC(=O)c1ccc(C=C2SC(=S)N(CCCCCC(=O)N3CCN(c4ccccc4)CC3)C2=O)cc1. The molecular formula is C28H31N3O4S2. The lowest BCUT2D eigenvalue weighted by Gasteiger charge is -2.36. The molecule has 2 heterocycles. The molecule has 0 aromatic heterocycles. The lowest BCUT2D eigenvalue weighted by molar-refractivity contribution is -0.131. The number of anilines is 1. The van der Waals surface area contributed by atoms with Crippen molar-refractivity contribution in [3.05, 3.63) is 70.6 Å². The molecule has 2 aliphatic rings. The van der Waals surface area contributed by atoms with E-state index < -0.39 is 5.97 Å². The first-order chi connectivity index (χ1) is 18.0. The molecule has 2 aromatic carbocycles. The summed E-state index contributed by atoms with van der Waals surface area (Å²) in [4.78, 5) is 43.6. The van der Waals surface area contributed by atoms with Crippen molar-refractivity contribution >= 4 is 57.8 Å². The van der Waals surface area contributed by atoms with Gasteiger partial charge in [-0.3, -0.25) is 14.5 Å². The molecule has 0 aliphatic carbocycles. The highest BCUT2D eigenvalue weighted by Gasteiger charge is 2.31. The van der Waals surface area contributed by atoms with Gasteiger partial charge in [-0.2, -0.15) is 0 Å². The van der Waals surface area contributed by atoms with Crippen molar-refractivity contribution in [1.82, 2.24) is 9.80 Å². The summed E-state index contributed by atoms with van der Waals surface area (Å²) >= 11 is 6.72. The number of carbonyl (C=O) groups is 3. The Balaban J connectivity index is 1.17. The van der Waals surface area contributed by atoms with Crippen molar-refractivity contribution in [2.24, 2.45) is 0 Å². The molecule has 9 heteroatoms. The van der Waals surface area contributed by atoms with E-state index in [1.807, 2.05) is 23.1 Å². The van der Waals surface area contributed by atoms with Crippen molar-refractivity contribution in [3.63, 3.8) is 0 Å². The van der Waals surface area contributed by atoms with Crippen molar-refractivity contribution in [1.29, 1.82) is 0 Å². The number of hydrogen-bond acceptors (Lipinski definition) is 7. The maximum atomic E-state index is 12.9. The minimum Gasteiger partial charge on any atom is -0.465 e. The molecule has 194 valence electrons. The quantitative estimate of drug-likeness (QED) is 0.201. The Morgan fingerprint density at radius 3 is 2.35 bits per heavy atom. The van der Waals surface area contributed by atoms with E-state index in [0.717, 1.165) is 51.0 Å². The Bertz CT molecular complexity index is 1160. The molecule has 4 rings (SSSR count). The van der Waals surface area contributed by atoms with Gasteiger partial charge in [0.05, 0.1) is 17.6 Å². The van der Waals surface area contributed by atoms with Crippen LogP contribution < -0.4 is 4.90 Å². The molecule has 2 amide bonds. The number of unbranched alkanes of at least 4 members (excludes halogenated alkanes) is 2. The maximum Gasteiger partial charge on any atom is 0.337 e. The molecular weight excluding hydrogens is 506 g/mol. The number of rotatable bonds is 9. The third kappa shape index (κ3) is 6.99. The summed E-state index contributed by atoms with van der Waals surface area (Å²) in [6.45, 7) is 3.76. The van der Waals surface area contributed by atoms with E-state index in [-0.39, 0.29) is 11.8 Å². The van der Waals surface area contributed by atoms with Crippen molar-refractivity contribution in [2.75, 3.05) is 44.7 Å². The summed E-state index contributed by atoms with van der Waals surface area (Å²) in [5.74, 6) is -0.288. The molecule has 7 nitrogen and oxygen atoms in total. The van der Waals surface area contributed by atoms with Gasteiger partial charge < -0.3 is 14.5 Å². The Morgan fingerprint density at radius 1 is 0.973 bits per heavy atom. The topological polar surface area (TPSA) is 70.2 Å². The second-order valence-electron chi connectivity index (χ2n) is 8.96. The number of methoxy groups -OCH3 is 1. The van der Waals surface area contributed by atoms with Gasteiger partial charge in [-0.1, -0.05) is 60.7 Å². The molecule has 37 heavy (non-hydrogen) atoms. The summed E-state index contributed by atoms with van der Waals surface area (Å²) in [6, 6.07) is 17.2. The number of piperazine rings is 1. The van der Waals surface area contributed by atoms with Crippen LogP contribution >= 0.6 is 24.0 Å². The first kappa shape index (κ1) is 26.9. The lowest BCUT2D eigenvalue weighted by Crippen LogP contribution is -2.48. The van der Waals surface area contributed by atoms with Crippen LogP contribution in [0.2, 0.25) is 0 Å². The Morgan fingerprint density at radius 2 is 1.68 bits per heavy atom. The average molecular weight is 538 g/mol. The van der Waals surface area contributed by atoms with Gasteiger partial charge in [-0.15, -0.1) is 0 Å². The highest BCUT2D eigenvalue weighted by molar-refractivity contribution is 8.26. The number of benzene rings is 2. The molecule has 0 spiro atoms. The number of thioether (sulfide) groups is 1. The van der Waals surface area contributed by atoms with Gasteiger partial charge in [0.1, 0.15) is 4.32 Å². The molecule has 0 saturated carbocycles. The predicted molar refractivity (Wildman–Crippen MR) is 151 cm³/mol. The number of hydrogen-bond donors (Lipinski definition) is 0. The highest BCUT2D eigenvalue weighted by Crippen LogP contribution is 2.33. The fourth-order valence-electron chi connectivity index (χ4n) is 4.41. The summed E-state index contributed by atoms with van der Waals surface area (Å²) in [7, 11) is 1.34. The summed E-state index contributed by atoms with van der Waals surface area (Å²) in [6.07, 6.45) is 4.78. The molecule has 0 unspecified atom stereocenters. The normalized spacial score (nSPS) is 17.0. The zero-order valence-electron chi connectivity index (χ0n) is 20.9. The van der Waals surface area contributed by atoms with Crippen LogP contribution in [0, 0.1) is 0 Å². The first-order valence-electron chi connectivity index (χ1n) is 12.5. The standard InChI is InChI=1S/C28H31N3O4S2/c1-35-27(34)22-13-11-21(12-14-22)20-24-26(33)31(28(36)37-24)15-7-3-6-10-25(32)30-18-16-29(17-19-30)23-8-4-2-5-9-23/h2,4-5,8-9,11-14,20H,3,6-7,10,15-19H2,1H3. The van der Waals surface area contributed by atoms with Crippen molar-refractivity contribution < 1.29 is 19.1 Å². The van der Waals surface area contributed by atoms with Gasteiger partial charge in [0.25, 0.3) is 5.91 Å². The van der Waals surface area contributed by atoms with E-state index in [9.17, 15) is 14.4 Å². The molecule has 2 saturated heterocycles.